The van der Waals surface area contributed by atoms with Gasteiger partial charge >= 0.3 is 0 Å². The van der Waals surface area contributed by atoms with Gasteiger partial charge in [-0.05, 0) is 248 Å². The molecule has 0 aliphatic carbocycles. The summed E-state index contributed by atoms with van der Waals surface area (Å²) in [7, 11) is 0. The average Bonchev–Trinajstić information content (AvgIpc) is 0.767. The van der Waals surface area contributed by atoms with Crippen LogP contribution in [0, 0.1) is 20.8 Å². The van der Waals surface area contributed by atoms with Crippen LogP contribution < -0.4 is 29.4 Å². The smallest absolute Gasteiger partial charge is 0.0540 e. The molecule has 19 aromatic rings. The number of anilines is 18. The maximum atomic E-state index is 2.40. The number of fused-ring (bicyclic) bond motifs is 4. The Morgan fingerprint density at radius 1 is 0.122 bits per heavy atom. The van der Waals surface area contributed by atoms with E-state index in [2.05, 4.69) is 517 Å². The lowest BCUT2D eigenvalue weighted by Crippen LogP contribution is -2.12. The minimum Gasteiger partial charge on any atom is -0.311 e. The van der Waals surface area contributed by atoms with Crippen molar-refractivity contribution in [1.29, 1.82) is 0 Å². The van der Waals surface area contributed by atoms with Gasteiger partial charge in [0.25, 0.3) is 0 Å². The van der Waals surface area contributed by atoms with E-state index in [1.165, 1.54) is 59.8 Å². The molecular weight excluding hydrogens is 1390 g/mol. The summed E-state index contributed by atoms with van der Waals surface area (Å²) < 4.78 is 0. The highest BCUT2D eigenvalue weighted by Crippen LogP contribution is 2.47. The van der Waals surface area contributed by atoms with Crippen molar-refractivity contribution in [2.45, 2.75) is 20.8 Å². The molecule has 19 aromatic carbocycles. The van der Waals surface area contributed by atoms with Gasteiger partial charge in [-0.1, -0.05) is 284 Å². The Kier molecular flexibility index (Phi) is 21.6. The lowest BCUT2D eigenvalue weighted by atomic mass is 10.0. The van der Waals surface area contributed by atoms with E-state index in [0.29, 0.717) is 0 Å². The third-order valence-electron chi connectivity index (χ3n) is 21.1. The number of hydrogen-bond donors (Lipinski definition) is 0. The number of para-hydroxylation sites is 5. The van der Waals surface area contributed by atoms with Gasteiger partial charge in [0, 0.05) is 101 Å². The van der Waals surface area contributed by atoms with Crippen molar-refractivity contribution in [2.75, 3.05) is 29.4 Å². The standard InChI is InChI=1S/C39H30N2.2C35H28N2/c1-29-21-23-33(24-22-29)40(32-15-3-2-4-16-32)34-25-27-35(28-26-34)41(38-19-9-13-30-11-5-7-17-36(30)38)39-20-10-14-31-12-6-8-18-37(31)39;1-27-19-21-31(22-20-27)36(29-13-4-2-5-14-29)32-23-25-33(26-24-32)37(30-15-6-3-7-16-30)35-18-10-12-28-11-8-9-17-34(28)35;1-27-16-19-32(20-17-27)36(30-12-4-2-5-13-30)33-22-24-34(25-23-33)37(31-14-6-3-7-15-31)35-21-18-28-10-8-9-11-29(28)26-35/h2-28H,1H3;2*2-26H,1H3. The van der Waals surface area contributed by atoms with Crippen LogP contribution in [-0.4, -0.2) is 0 Å². The topological polar surface area (TPSA) is 19.4 Å². The summed E-state index contributed by atoms with van der Waals surface area (Å²) in [5.74, 6) is 0. The number of rotatable bonds is 18. The molecule has 0 unspecified atom stereocenters. The SMILES string of the molecule is Cc1ccc(N(c2ccccc2)c2ccc(N(c3cccc4ccccc34)c3cccc4ccccc34)cc2)cc1.Cc1ccc(N(c2ccccc2)c2ccc(N(c3ccccc3)c3ccc4ccccc4c3)cc2)cc1.Cc1ccc(N(c2ccccc2)c2ccc(N(c3ccccc3)c3cccc4ccccc34)cc2)cc1. The van der Waals surface area contributed by atoms with Gasteiger partial charge in [-0.25, -0.2) is 0 Å². The lowest BCUT2D eigenvalue weighted by Gasteiger charge is -2.29. The predicted molar refractivity (Wildman–Crippen MR) is 492 cm³/mol. The van der Waals surface area contributed by atoms with E-state index in [9.17, 15) is 0 Å². The van der Waals surface area contributed by atoms with E-state index >= 15 is 0 Å². The molecule has 6 nitrogen and oxygen atoms in total. The van der Waals surface area contributed by atoms with E-state index in [1.54, 1.807) is 0 Å². The predicted octanol–water partition coefficient (Wildman–Crippen LogP) is 31.4. The van der Waals surface area contributed by atoms with Crippen LogP contribution in [-0.2, 0) is 0 Å². The first kappa shape index (κ1) is 72.9. The molecule has 0 fully saturated rings. The number of benzene rings is 19. The molecule has 19 rings (SSSR count). The molecule has 0 saturated heterocycles. The minimum absolute atomic E-state index is 1.11. The molecule has 0 aromatic heterocycles. The fraction of sp³-hybridized carbons (Fsp3) is 0.0275. The number of aryl methyl sites for hydroxylation is 3. The van der Waals surface area contributed by atoms with Crippen molar-refractivity contribution in [2.24, 2.45) is 0 Å². The summed E-state index contributed by atoms with van der Waals surface area (Å²) in [5, 5.41) is 9.81. The van der Waals surface area contributed by atoms with Crippen LogP contribution in [0.3, 0.4) is 0 Å². The molecule has 552 valence electrons. The quantitative estimate of drug-likeness (QED) is 0.0847. The van der Waals surface area contributed by atoms with Gasteiger partial charge in [0.2, 0.25) is 0 Å². The normalized spacial score (nSPS) is 10.9. The summed E-state index contributed by atoms with van der Waals surface area (Å²) in [6.45, 7) is 6.37. The maximum absolute atomic E-state index is 2.40. The second kappa shape index (κ2) is 34.1. The van der Waals surface area contributed by atoms with Gasteiger partial charge in [0.1, 0.15) is 0 Å². The monoisotopic (exact) mass is 1480 g/mol. The highest BCUT2D eigenvalue weighted by atomic mass is 15.2. The van der Waals surface area contributed by atoms with Crippen LogP contribution in [0.5, 0.6) is 0 Å². The second-order valence-electron chi connectivity index (χ2n) is 28.8. The molecule has 0 amide bonds. The van der Waals surface area contributed by atoms with E-state index in [1.807, 2.05) is 0 Å². The van der Waals surface area contributed by atoms with Crippen LogP contribution in [0.25, 0.3) is 43.1 Å². The Morgan fingerprint density at radius 2 is 0.313 bits per heavy atom. The molecule has 0 N–H and O–H groups in total. The van der Waals surface area contributed by atoms with E-state index in [-0.39, 0.29) is 0 Å². The Labute approximate surface area is 675 Å². The van der Waals surface area contributed by atoms with Gasteiger partial charge in [-0.3, -0.25) is 0 Å². The summed E-state index contributed by atoms with van der Waals surface area (Å²) in [5.41, 5.74) is 24.1. The first-order valence-electron chi connectivity index (χ1n) is 39.3. The van der Waals surface area contributed by atoms with Crippen molar-refractivity contribution in [1.82, 2.24) is 0 Å². The maximum Gasteiger partial charge on any atom is 0.0540 e. The fourth-order valence-corrected chi connectivity index (χ4v) is 15.4. The molecule has 0 aliphatic heterocycles. The molecule has 6 heteroatoms. The minimum atomic E-state index is 1.11. The molecule has 0 saturated carbocycles. The zero-order chi connectivity index (χ0) is 77.7. The molecule has 0 aliphatic rings. The van der Waals surface area contributed by atoms with Crippen LogP contribution >= 0.6 is 0 Å². The third-order valence-corrected chi connectivity index (χ3v) is 21.1. The van der Waals surface area contributed by atoms with Gasteiger partial charge in [-0.2, -0.15) is 0 Å². The second-order valence-corrected chi connectivity index (χ2v) is 28.8. The lowest BCUT2D eigenvalue weighted by molar-refractivity contribution is 1.25. The van der Waals surface area contributed by atoms with Gasteiger partial charge in [-0.15, -0.1) is 0 Å². The molecule has 0 spiro atoms. The van der Waals surface area contributed by atoms with Crippen molar-refractivity contribution in [3.05, 3.63) is 484 Å². The highest BCUT2D eigenvalue weighted by molar-refractivity contribution is 6.05. The van der Waals surface area contributed by atoms with Crippen molar-refractivity contribution >= 4 is 145 Å². The zero-order valence-electron chi connectivity index (χ0n) is 64.6. The Bertz CT molecular complexity index is 6310. The first-order chi connectivity index (χ1) is 56.8. The molecule has 0 atom stereocenters. The largest absolute Gasteiger partial charge is 0.311 e. The van der Waals surface area contributed by atoms with E-state index in [4.69, 9.17) is 0 Å². The van der Waals surface area contributed by atoms with Crippen molar-refractivity contribution in [3.63, 3.8) is 0 Å². The van der Waals surface area contributed by atoms with Crippen LogP contribution in [0.15, 0.2) is 467 Å². The van der Waals surface area contributed by atoms with Crippen LogP contribution in [0.4, 0.5) is 102 Å². The number of hydrogen-bond acceptors (Lipinski definition) is 6. The van der Waals surface area contributed by atoms with Gasteiger partial charge in [0.05, 0.1) is 17.1 Å². The Balaban J connectivity index is 0.000000125. The molecule has 0 radical (unpaired) electrons. The number of nitrogens with zero attached hydrogens (tertiary/aromatic N) is 6. The highest BCUT2D eigenvalue weighted by Gasteiger charge is 2.23. The van der Waals surface area contributed by atoms with Crippen LogP contribution in [0.2, 0.25) is 0 Å². The first-order valence-corrected chi connectivity index (χ1v) is 39.3. The van der Waals surface area contributed by atoms with Crippen molar-refractivity contribution in [3.8, 4) is 0 Å². The average molecular weight is 1480 g/mol. The molecule has 0 bridgehead atoms. The van der Waals surface area contributed by atoms with Crippen LogP contribution in [0.1, 0.15) is 16.7 Å². The fourth-order valence-electron chi connectivity index (χ4n) is 15.4. The zero-order valence-corrected chi connectivity index (χ0v) is 64.6. The third kappa shape index (κ3) is 16.2. The summed E-state index contributed by atoms with van der Waals surface area (Å²) in [6.07, 6.45) is 0. The molecule has 0 heterocycles. The van der Waals surface area contributed by atoms with Crippen molar-refractivity contribution < 1.29 is 0 Å². The van der Waals surface area contributed by atoms with Gasteiger partial charge in [0.15, 0.2) is 0 Å². The van der Waals surface area contributed by atoms with E-state index < -0.39 is 0 Å². The molecule has 115 heavy (non-hydrogen) atoms. The van der Waals surface area contributed by atoms with Gasteiger partial charge < -0.3 is 29.4 Å². The summed E-state index contributed by atoms with van der Waals surface area (Å²) >= 11 is 0. The molecular formula is C109H86N6. The van der Waals surface area contributed by atoms with E-state index in [0.717, 1.165) is 102 Å². The summed E-state index contributed by atoms with van der Waals surface area (Å²) in [4.78, 5) is 14.0. The summed E-state index contributed by atoms with van der Waals surface area (Å²) in [6, 6.07) is 166. The Hall–Kier alpha value is -15.0. The Morgan fingerprint density at radius 3 is 0.617 bits per heavy atom.